The van der Waals surface area contributed by atoms with Crippen molar-refractivity contribution in [2.45, 2.75) is 25.7 Å². The van der Waals surface area contributed by atoms with Crippen LogP contribution in [0.1, 0.15) is 36.0 Å². The van der Waals surface area contributed by atoms with Gasteiger partial charge in [-0.05, 0) is 61.8 Å². The van der Waals surface area contributed by atoms with Gasteiger partial charge in [-0.25, -0.2) is 9.78 Å². The molecule has 0 atom stereocenters. The number of hydrogen-bond acceptors (Lipinski definition) is 4. The molecule has 0 bridgehead atoms. The topological polar surface area (TPSA) is 104 Å². The van der Waals surface area contributed by atoms with Crippen molar-refractivity contribution in [1.82, 2.24) is 20.6 Å². The standard InChI is InChI=1S/C24H26N4O3/c29-23(26-14-16-5-7-17(8-6-16)15-27-24(30)31)20-13-22(18-9-11-25-12-10-18)28-21-4-2-1-3-19(20)21/h1-4,9-13,16-17,27H,5-8,14-15H2,(H,26,29)(H,30,31)/t16-,17-. The molecule has 0 aliphatic heterocycles. The number of carbonyl (C=O) groups is 2. The molecule has 0 spiro atoms. The smallest absolute Gasteiger partial charge is 0.404 e. The van der Waals surface area contributed by atoms with E-state index >= 15 is 0 Å². The zero-order valence-electron chi connectivity index (χ0n) is 17.3. The number of hydrogen-bond donors (Lipinski definition) is 3. The molecule has 7 nitrogen and oxygen atoms in total. The van der Waals surface area contributed by atoms with E-state index in [0.29, 0.717) is 30.5 Å². The molecule has 1 aliphatic carbocycles. The van der Waals surface area contributed by atoms with Gasteiger partial charge in [0.15, 0.2) is 0 Å². The Morgan fingerprint density at radius 2 is 1.58 bits per heavy atom. The Labute approximate surface area is 180 Å². The summed E-state index contributed by atoms with van der Waals surface area (Å²) in [5, 5.41) is 15.2. The first kappa shape index (κ1) is 20.8. The van der Waals surface area contributed by atoms with Crippen molar-refractivity contribution < 1.29 is 14.7 Å². The van der Waals surface area contributed by atoms with Crippen molar-refractivity contribution >= 4 is 22.9 Å². The lowest BCUT2D eigenvalue weighted by Crippen LogP contribution is -2.34. The summed E-state index contributed by atoms with van der Waals surface area (Å²) in [6, 6.07) is 13.3. The van der Waals surface area contributed by atoms with Crippen molar-refractivity contribution in [3.05, 3.63) is 60.4 Å². The predicted octanol–water partition coefficient (Wildman–Crippen LogP) is 4.10. The van der Waals surface area contributed by atoms with Gasteiger partial charge in [0.25, 0.3) is 5.91 Å². The largest absolute Gasteiger partial charge is 0.465 e. The third kappa shape index (κ3) is 5.17. The lowest BCUT2D eigenvalue weighted by atomic mass is 9.82. The van der Waals surface area contributed by atoms with Gasteiger partial charge in [-0.2, -0.15) is 0 Å². The van der Waals surface area contributed by atoms with Crippen molar-refractivity contribution in [2.24, 2.45) is 11.8 Å². The molecule has 2 heterocycles. The van der Waals surface area contributed by atoms with Gasteiger partial charge in [-0.1, -0.05) is 18.2 Å². The molecule has 1 saturated carbocycles. The fourth-order valence-corrected chi connectivity index (χ4v) is 4.24. The zero-order valence-corrected chi connectivity index (χ0v) is 17.3. The Kier molecular flexibility index (Phi) is 6.40. The number of para-hydroxylation sites is 1. The molecular formula is C24H26N4O3. The first-order valence-corrected chi connectivity index (χ1v) is 10.7. The van der Waals surface area contributed by atoms with E-state index in [4.69, 9.17) is 10.1 Å². The summed E-state index contributed by atoms with van der Waals surface area (Å²) >= 11 is 0. The fraction of sp³-hybridized carbons (Fsp3) is 0.333. The van der Waals surface area contributed by atoms with E-state index in [1.807, 2.05) is 42.5 Å². The van der Waals surface area contributed by atoms with E-state index in [1.54, 1.807) is 12.4 Å². The zero-order chi connectivity index (χ0) is 21.6. The van der Waals surface area contributed by atoms with Crippen molar-refractivity contribution in [3.63, 3.8) is 0 Å². The normalized spacial score (nSPS) is 18.5. The molecule has 3 N–H and O–H groups in total. The molecule has 0 radical (unpaired) electrons. The number of nitrogens with one attached hydrogen (secondary N) is 2. The second-order valence-corrected chi connectivity index (χ2v) is 8.09. The van der Waals surface area contributed by atoms with Gasteiger partial charge in [-0.15, -0.1) is 0 Å². The van der Waals surface area contributed by atoms with Gasteiger partial charge >= 0.3 is 6.09 Å². The highest BCUT2D eigenvalue weighted by molar-refractivity contribution is 6.07. The van der Waals surface area contributed by atoms with Crippen LogP contribution in [0.5, 0.6) is 0 Å². The average Bonchev–Trinajstić information content (AvgIpc) is 2.81. The SMILES string of the molecule is O=C(O)NC[C@H]1CC[C@H](CNC(=O)c2cc(-c3ccncc3)nc3ccccc23)CC1. The molecule has 4 rings (SSSR count). The van der Waals surface area contributed by atoms with Gasteiger partial charge in [0, 0.05) is 36.4 Å². The number of nitrogens with zero attached hydrogens (tertiary/aromatic N) is 2. The monoisotopic (exact) mass is 418 g/mol. The summed E-state index contributed by atoms with van der Waals surface area (Å²) < 4.78 is 0. The van der Waals surface area contributed by atoms with Crippen LogP contribution < -0.4 is 10.6 Å². The maximum absolute atomic E-state index is 13.1. The molecular weight excluding hydrogens is 392 g/mol. The third-order valence-electron chi connectivity index (χ3n) is 6.00. The molecule has 1 aromatic carbocycles. The first-order chi connectivity index (χ1) is 15.1. The van der Waals surface area contributed by atoms with Crippen LogP contribution in [0, 0.1) is 11.8 Å². The summed E-state index contributed by atoms with van der Waals surface area (Å²) in [7, 11) is 0. The van der Waals surface area contributed by atoms with Crippen LogP contribution >= 0.6 is 0 Å². The van der Waals surface area contributed by atoms with E-state index in [9.17, 15) is 9.59 Å². The van der Waals surface area contributed by atoms with E-state index in [2.05, 4.69) is 15.6 Å². The number of aromatic nitrogens is 2. The van der Waals surface area contributed by atoms with E-state index < -0.39 is 6.09 Å². The molecule has 0 unspecified atom stereocenters. The third-order valence-corrected chi connectivity index (χ3v) is 6.00. The summed E-state index contributed by atoms with van der Waals surface area (Å²) in [5.41, 5.74) is 3.07. The molecule has 1 fully saturated rings. The number of benzene rings is 1. The second kappa shape index (κ2) is 9.55. The summed E-state index contributed by atoms with van der Waals surface area (Å²) in [5.74, 6) is 0.705. The van der Waals surface area contributed by atoms with Crippen molar-refractivity contribution in [1.29, 1.82) is 0 Å². The Bertz CT molecular complexity index is 1060. The molecule has 7 heteroatoms. The minimum Gasteiger partial charge on any atom is -0.465 e. The number of rotatable bonds is 6. The minimum absolute atomic E-state index is 0.0939. The molecule has 3 aromatic rings. The van der Waals surface area contributed by atoms with Crippen molar-refractivity contribution in [2.75, 3.05) is 13.1 Å². The second-order valence-electron chi connectivity index (χ2n) is 8.09. The summed E-state index contributed by atoms with van der Waals surface area (Å²) in [6.07, 6.45) is 6.40. The molecule has 160 valence electrons. The molecule has 2 aromatic heterocycles. The quantitative estimate of drug-likeness (QED) is 0.559. The van der Waals surface area contributed by atoms with Crippen LogP contribution in [0.15, 0.2) is 54.9 Å². The van der Waals surface area contributed by atoms with Crippen LogP contribution in [-0.2, 0) is 0 Å². The Balaban J connectivity index is 1.44. The summed E-state index contributed by atoms with van der Waals surface area (Å²) in [4.78, 5) is 32.5. The first-order valence-electron chi connectivity index (χ1n) is 10.7. The number of carboxylic acid groups (broad SMARTS) is 1. The molecule has 0 saturated heterocycles. The van der Waals surface area contributed by atoms with Crippen LogP contribution in [-0.4, -0.2) is 40.2 Å². The van der Waals surface area contributed by atoms with Crippen LogP contribution in [0.3, 0.4) is 0 Å². The lowest BCUT2D eigenvalue weighted by molar-refractivity contribution is 0.0942. The maximum Gasteiger partial charge on any atom is 0.404 e. The van der Waals surface area contributed by atoms with Crippen LogP contribution in [0.4, 0.5) is 4.79 Å². The summed E-state index contributed by atoms with van der Waals surface area (Å²) in [6.45, 7) is 1.13. The Morgan fingerprint density at radius 1 is 0.935 bits per heavy atom. The molecule has 31 heavy (non-hydrogen) atoms. The van der Waals surface area contributed by atoms with Crippen molar-refractivity contribution in [3.8, 4) is 11.3 Å². The van der Waals surface area contributed by atoms with Crippen LogP contribution in [0.25, 0.3) is 22.2 Å². The van der Waals surface area contributed by atoms with Crippen LogP contribution in [0.2, 0.25) is 0 Å². The highest BCUT2D eigenvalue weighted by atomic mass is 16.4. The Morgan fingerprint density at radius 3 is 2.26 bits per heavy atom. The number of carbonyl (C=O) groups excluding carboxylic acids is 1. The van der Waals surface area contributed by atoms with Gasteiger partial charge in [0.05, 0.1) is 16.8 Å². The fourth-order valence-electron chi connectivity index (χ4n) is 4.24. The lowest BCUT2D eigenvalue weighted by Gasteiger charge is -2.28. The maximum atomic E-state index is 13.1. The molecule has 2 amide bonds. The van der Waals surface area contributed by atoms with E-state index in [-0.39, 0.29) is 5.91 Å². The minimum atomic E-state index is -0.968. The number of fused-ring (bicyclic) bond motifs is 1. The van der Waals surface area contributed by atoms with E-state index in [1.165, 1.54) is 0 Å². The van der Waals surface area contributed by atoms with Gasteiger partial charge in [0.2, 0.25) is 0 Å². The number of pyridine rings is 2. The van der Waals surface area contributed by atoms with E-state index in [0.717, 1.165) is 47.8 Å². The highest BCUT2D eigenvalue weighted by Gasteiger charge is 2.22. The number of amides is 2. The molecule has 1 aliphatic rings. The Hall–Kier alpha value is -3.48. The van der Waals surface area contributed by atoms with Gasteiger partial charge < -0.3 is 15.7 Å². The van der Waals surface area contributed by atoms with Gasteiger partial charge in [0.1, 0.15) is 0 Å². The predicted molar refractivity (Wildman–Crippen MR) is 119 cm³/mol. The average molecular weight is 418 g/mol. The highest BCUT2D eigenvalue weighted by Crippen LogP contribution is 2.28. The van der Waals surface area contributed by atoms with Gasteiger partial charge in [-0.3, -0.25) is 9.78 Å².